The zero-order chi connectivity index (χ0) is 5.70. The molecule has 0 saturated carbocycles. The van der Waals surface area contributed by atoms with Crippen LogP contribution in [-0.4, -0.2) is 17.6 Å². The summed E-state index contributed by atoms with van der Waals surface area (Å²) in [7, 11) is 0. The van der Waals surface area contributed by atoms with Crippen molar-refractivity contribution in [2.24, 2.45) is 0 Å². The van der Waals surface area contributed by atoms with Gasteiger partial charge in [0.25, 0.3) is 0 Å². The minimum atomic E-state index is -0.955. The van der Waals surface area contributed by atoms with Gasteiger partial charge < -0.3 is 15.8 Å². The molecule has 0 aliphatic heterocycles. The van der Waals surface area contributed by atoms with E-state index in [1.807, 2.05) is 0 Å². The first-order valence-electron chi connectivity index (χ1n) is 1.84. The summed E-state index contributed by atoms with van der Waals surface area (Å²) in [6.07, 6.45) is -0.108. The largest absolute Gasteiger partial charge is 0.788 e. The maximum atomic E-state index is 9.58. The highest BCUT2D eigenvalue weighted by Gasteiger charge is 1.88. The van der Waals surface area contributed by atoms with Gasteiger partial charge in [0.1, 0.15) is 0 Å². The van der Waals surface area contributed by atoms with Crippen molar-refractivity contribution < 1.29 is 9.90 Å². The number of carboxylic acids is 1. The monoisotopic (exact) mass is 104 g/mol. The number of hydroxylamine groups is 1. The molecule has 0 atom stereocenters. The van der Waals surface area contributed by atoms with E-state index in [0.29, 0.717) is 0 Å². The zero-order valence-electron chi connectivity index (χ0n) is 3.68. The Balaban J connectivity index is 2.82. The maximum absolute atomic E-state index is 9.58. The molecule has 0 amide bonds. The van der Waals surface area contributed by atoms with Crippen LogP contribution in [0.1, 0.15) is 6.42 Å². The molecule has 7 heavy (non-hydrogen) atoms. The third-order valence-electron chi connectivity index (χ3n) is 0.441. The van der Waals surface area contributed by atoms with Crippen molar-refractivity contribution in [1.82, 2.24) is 5.48 Å². The fourth-order valence-corrected chi connectivity index (χ4v) is 0.158. The normalized spacial score (nSPS) is 8.71. The molecule has 0 aromatic carbocycles. The minimum absolute atomic E-state index is 0.00463. The summed E-state index contributed by atoms with van der Waals surface area (Å²) in [6, 6.07) is 0. The first-order valence-corrected chi connectivity index (χ1v) is 1.84. The Labute approximate surface area is 40.7 Å². The summed E-state index contributed by atoms with van der Waals surface area (Å²) in [6.45, 7) is -0.00463. The number of hydrogen-bond donors (Lipinski definition) is 2. The topological polar surface area (TPSA) is 72.4 Å². The lowest BCUT2D eigenvalue weighted by atomic mass is 10.4. The molecular formula is C3H6NO3-. The number of nitrogens with one attached hydrogen (secondary N) is 1. The Morgan fingerprint density at radius 2 is 2.43 bits per heavy atom. The van der Waals surface area contributed by atoms with Crippen LogP contribution in [0, 0.1) is 5.21 Å². The van der Waals surface area contributed by atoms with E-state index in [9.17, 15) is 10.0 Å². The van der Waals surface area contributed by atoms with Crippen molar-refractivity contribution in [1.29, 1.82) is 0 Å². The highest BCUT2D eigenvalue weighted by atomic mass is 16.5. The number of aliphatic carboxylic acids is 1. The number of carbonyl (C=O) groups is 1. The minimum Gasteiger partial charge on any atom is -0.788 e. The summed E-state index contributed by atoms with van der Waals surface area (Å²) in [5.74, 6) is -0.955. The molecule has 0 bridgehead atoms. The van der Waals surface area contributed by atoms with Crippen molar-refractivity contribution in [3.05, 3.63) is 5.21 Å². The third kappa shape index (κ3) is 5.39. The Bertz CT molecular complexity index is 63.2. The number of rotatable bonds is 3. The van der Waals surface area contributed by atoms with Gasteiger partial charge in [-0.25, -0.2) is 0 Å². The molecular weight excluding hydrogens is 98.0 g/mol. The van der Waals surface area contributed by atoms with Gasteiger partial charge in [-0.1, -0.05) is 0 Å². The summed E-state index contributed by atoms with van der Waals surface area (Å²) in [4.78, 5) is 9.58. The van der Waals surface area contributed by atoms with E-state index in [4.69, 9.17) is 5.11 Å². The van der Waals surface area contributed by atoms with Crippen LogP contribution in [-0.2, 0) is 4.79 Å². The van der Waals surface area contributed by atoms with Crippen LogP contribution in [0.5, 0.6) is 0 Å². The van der Waals surface area contributed by atoms with Crippen molar-refractivity contribution in [2.75, 3.05) is 6.54 Å². The number of hydrogen-bond acceptors (Lipinski definition) is 3. The van der Waals surface area contributed by atoms with E-state index in [2.05, 4.69) is 0 Å². The van der Waals surface area contributed by atoms with E-state index in [1.165, 1.54) is 5.48 Å². The summed E-state index contributed by atoms with van der Waals surface area (Å²) in [5, 5.41) is 17.2. The first-order chi connectivity index (χ1) is 3.27. The smallest absolute Gasteiger partial charge is 0.304 e. The highest BCUT2D eigenvalue weighted by Crippen LogP contribution is 1.71. The van der Waals surface area contributed by atoms with Crippen LogP contribution in [0.2, 0.25) is 0 Å². The second kappa shape index (κ2) is 3.58. The van der Waals surface area contributed by atoms with E-state index in [0.717, 1.165) is 0 Å². The molecule has 4 heteroatoms. The van der Waals surface area contributed by atoms with Crippen LogP contribution in [0.4, 0.5) is 0 Å². The lowest BCUT2D eigenvalue weighted by molar-refractivity contribution is -0.136. The molecule has 0 aliphatic carbocycles. The summed E-state index contributed by atoms with van der Waals surface area (Å²) in [5.41, 5.74) is 1.47. The molecule has 0 aromatic heterocycles. The third-order valence-corrected chi connectivity index (χ3v) is 0.441. The Morgan fingerprint density at radius 1 is 1.86 bits per heavy atom. The van der Waals surface area contributed by atoms with Gasteiger partial charge in [-0.3, -0.25) is 4.79 Å². The van der Waals surface area contributed by atoms with E-state index >= 15 is 0 Å². The molecule has 0 radical (unpaired) electrons. The van der Waals surface area contributed by atoms with Crippen LogP contribution in [0.25, 0.3) is 0 Å². The Hall–Kier alpha value is -0.610. The zero-order valence-corrected chi connectivity index (χ0v) is 3.68. The van der Waals surface area contributed by atoms with Gasteiger partial charge in [0.05, 0.1) is 6.42 Å². The van der Waals surface area contributed by atoms with Crippen molar-refractivity contribution in [3.8, 4) is 0 Å². The molecule has 42 valence electrons. The fraction of sp³-hybridized carbons (Fsp3) is 0.667. The van der Waals surface area contributed by atoms with Gasteiger partial charge in [0, 0.05) is 0 Å². The van der Waals surface area contributed by atoms with E-state index in [-0.39, 0.29) is 13.0 Å². The molecule has 0 fully saturated rings. The molecule has 2 N–H and O–H groups in total. The molecule has 0 rings (SSSR count). The second-order valence-corrected chi connectivity index (χ2v) is 1.04. The lowest BCUT2D eigenvalue weighted by Gasteiger charge is -2.01. The number of carboxylic acid groups (broad SMARTS) is 1. The molecule has 0 unspecified atom stereocenters. The lowest BCUT2D eigenvalue weighted by Crippen LogP contribution is -2.10. The van der Waals surface area contributed by atoms with Gasteiger partial charge in [0.15, 0.2) is 0 Å². The summed E-state index contributed by atoms with van der Waals surface area (Å²) >= 11 is 0. The Morgan fingerprint density at radius 3 is 2.57 bits per heavy atom. The SMILES string of the molecule is O=C(O)CCN[O-]. The van der Waals surface area contributed by atoms with Crippen LogP contribution in [0.15, 0.2) is 0 Å². The maximum Gasteiger partial charge on any atom is 0.304 e. The van der Waals surface area contributed by atoms with Crippen LogP contribution >= 0.6 is 0 Å². The van der Waals surface area contributed by atoms with Crippen molar-refractivity contribution in [2.45, 2.75) is 6.42 Å². The molecule has 4 nitrogen and oxygen atoms in total. The average molecular weight is 104 g/mol. The quantitative estimate of drug-likeness (QED) is 0.475. The van der Waals surface area contributed by atoms with E-state index < -0.39 is 5.97 Å². The Kier molecular flexibility index (Phi) is 3.26. The van der Waals surface area contributed by atoms with Gasteiger partial charge in [-0.2, -0.15) is 0 Å². The highest BCUT2D eigenvalue weighted by molar-refractivity contribution is 5.66. The van der Waals surface area contributed by atoms with Crippen LogP contribution in [0.3, 0.4) is 0 Å². The second-order valence-electron chi connectivity index (χ2n) is 1.04. The molecule has 0 saturated heterocycles. The van der Waals surface area contributed by atoms with Gasteiger partial charge in [0.2, 0.25) is 0 Å². The predicted octanol–water partition coefficient (Wildman–Crippen LogP) is -0.451. The van der Waals surface area contributed by atoms with E-state index in [1.54, 1.807) is 0 Å². The predicted molar refractivity (Wildman–Crippen MR) is 23.6 cm³/mol. The standard InChI is InChI=1S/C3H6NO3/c5-3(6)1-2-4-7/h4H,1-2H2,(H,5,6)/q-1. The molecule has 0 heterocycles. The first kappa shape index (κ1) is 6.39. The van der Waals surface area contributed by atoms with Crippen molar-refractivity contribution in [3.63, 3.8) is 0 Å². The van der Waals surface area contributed by atoms with Gasteiger partial charge >= 0.3 is 5.97 Å². The van der Waals surface area contributed by atoms with Gasteiger partial charge in [-0.15, -0.1) is 0 Å². The van der Waals surface area contributed by atoms with Crippen molar-refractivity contribution >= 4 is 5.97 Å². The van der Waals surface area contributed by atoms with Crippen LogP contribution < -0.4 is 5.48 Å². The van der Waals surface area contributed by atoms with Gasteiger partial charge in [-0.05, 0) is 6.54 Å². The summed E-state index contributed by atoms with van der Waals surface area (Å²) < 4.78 is 0. The molecule has 0 spiro atoms. The molecule has 0 aromatic rings. The fourth-order valence-electron chi connectivity index (χ4n) is 0.158. The average Bonchev–Trinajstić information content (AvgIpc) is 1.61. The molecule has 0 aliphatic rings.